The van der Waals surface area contributed by atoms with E-state index in [-0.39, 0.29) is 12.3 Å². The maximum atomic E-state index is 13.8. The predicted molar refractivity (Wildman–Crippen MR) is 160 cm³/mol. The van der Waals surface area contributed by atoms with Gasteiger partial charge >= 0.3 is 5.97 Å². The molecule has 2 heterocycles. The van der Waals surface area contributed by atoms with Gasteiger partial charge in [0.25, 0.3) is 5.69 Å². The van der Waals surface area contributed by atoms with Crippen molar-refractivity contribution in [2.45, 2.75) is 13.5 Å². The van der Waals surface area contributed by atoms with E-state index < -0.39 is 10.9 Å². The summed E-state index contributed by atoms with van der Waals surface area (Å²) in [6.07, 6.45) is 0. The quantitative estimate of drug-likeness (QED) is 0.106. The number of carbonyl (C=O) groups is 1. The molecule has 0 bridgehead atoms. The van der Waals surface area contributed by atoms with Gasteiger partial charge in [-0.05, 0) is 60.0 Å². The van der Waals surface area contributed by atoms with Crippen LogP contribution in [-0.4, -0.2) is 26.5 Å². The van der Waals surface area contributed by atoms with Crippen molar-refractivity contribution in [3.63, 3.8) is 0 Å². The Hall–Kier alpha value is -4.69. The number of hydrogen-bond donors (Lipinski definition) is 0. The van der Waals surface area contributed by atoms with Crippen LogP contribution in [0.2, 0.25) is 0 Å². The van der Waals surface area contributed by atoms with E-state index in [4.69, 9.17) is 4.74 Å². The molecule has 0 saturated heterocycles. The molecule has 0 aliphatic rings. The van der Waals surface area contributed by atoms with Gasteiger partial charge in [0.05, 0.1) is 33.8 Å². The molecule has 0 aliphatic carbocycles. The first kappa shape index (κ1) is 25.6. The van der Waals surface area contributed by atoms with Gasteiger partial charge in [-0.2, -0.15) is 0 Å². The van der Waals surface area contributed by atoms with Crippen LogP contribution >= 0.6 is 15.9 Å². The number of ether oxygens (including phenoxy) is 1. The van der Waals surface area contributed by atoms with Gasteiger partial charge in [-0.1, -0.05) is 70.5 Å². The lowest BCUT2D eigenvalue weighted by Crippen LogP contribution is -2.08. The van der Waals surface area contributed by atoms with Crippen LogP contribution in [0.4, 0.5) is 5.69 Å². The maximum Gasteiger partial charge on any atom is 0.341 e. The molecule has 40 heavy (non-hydrogen) atoms. The number of para-hydroxylation sites is 2. The number of esters is 1. The molecule has 0 saturated carbocycles. The van der Waals surface area contributed by atoms with Crippen LogP contribution < -0.4 is 0 Å². The summed E-state index contributed by atoms with van der Waals surface area (Å²) in [6, 6.07) is 32.4. The Labute approximate surface area is 238 Å². The SMILES string of the molecule is CCOC(=O)c1c(-c2ccc(Br)cc2)c2n(Cc3ccccc3)c3ccccc3n2c1-c1ccc([N+](=O)[O-])cc1. The fraction of sp³-hybridized carbons (Fsp3) is 0.0938. The highest BCUT2D eigenvalue weighted by Crippen LogP contribution is 2.43. The Kier molecular flexibility index (Phi) is 6.69. The zero-order chi connectivity index (χ0) is 27.8. The third-order valence-corrected chi connectivity index (χ3v) is 7.49. The minimum absolute atomic E-state index is 0.0196. The average molecular weight is 594 g/mol. The van der Waals surface area contributed by atoms with E-state index in [1.54, 1.807) is 19.1 Å². The van der Waals surface area contributed by atoms with Crippen LogP contribution in [0, 0.1) is 10.1 Å². The first-order valence-electron chi connectivity index (χ1n) is 12.9. The lowest BCUT2D eigenvalue weighted by atomic mass is 9.99. The van der Waals surface area contributed by atoms with Gasteiger partial charge in [-0.25, -0.2) is 4.79 Å². The van der Waals surface area contributed by atoms with Gasteiger partial charge in [0.1, 0.15) is 5.65 Å². The summed E-state index contributed by atoms with van der Waals surface area (Å²) in [5.74, 6) is -0.451. The second kappa shape index (κ2) is 10.5. The monoisotopic (exact) mass is 593 g/mol. The maximum absolute atomic E-state index is 13.8. The first-order valence-corrected chi connectivity index (χ1v) is 13.6. The number of imidazole rings is 1. The molecule has 2 aromatic heterocycles. The largest absolute Gasteiger partial charge is 0.462 e. The molecule has 6 rings (SSSR count). The molecular formula is C32H24BrN3O4. The Morgan fingerprint density at radius 3 is 2.12 bits per heavy atom. The normalized spacial score (nSPS) is 11.2. The van der Waals surface area contributed by atoms with Gasteiger partial charge in [0.15, 0.2) is 0 Å². The number of nitro benzene ring substituents is 1. The van der Waals surface area contributed by atoms with Crippen molar-refractivity contribution in [2.24, 2.45) is 0 Å². The molecule has 4 aromatic carbocycles. The van der Waals surface area contributed by atoms with E-state index in [0.717, 1.165) is 37.8 Å². The van der Waals surface area contributed by atoms with Crippen LogP contribution in [0.3, 0.4) is 0 Å². The Morgan fingerprint density at radius 1 is 0.850 bits per heavy atom. The molecule has 0 radical (unpaired) electrons. The average Bonchev–Trinajstić information content (AvgIpc) is 3.48. The van der Waals surface area contributed by atoms with Crippen LogP contribution in [0.15, 0.2) is 108 Å². The van der Waals surface area contributed by atoms with Gasteiger partial charge in [-0.3, -0.25) is 14.5 Å². The summed E-state index contributed by atoms with van der Waals surface area (Å²) in [4.78, 5) is 24.8. The summed E-state index contributed by atoms with van der Waals surface area (Å²) in [5.41, 5.74) is 7.16. The van der Waals surface area contributed by atoms with Crippen molar-refractivity contribution in [1.82, 2.24) is 8.97 Å². The number of carbonyl (C=O) groups excluding carboxylic acids is 1. The minimum Gasteiger partial charge on any atom is -0.462 e. The highest BCUT2D eigenvalue weighted by atomic mass is 79.9. The second-order valence-electron chi connectivity index (χ2n) is 9.35. The number of rotatable bonds is 7. The molecule has 0 unspecified atom stereocenters. The summed E-state index contributed by atoms with van der Waals surface area (Å²) in [5, 5.41) is 11.4. The number of halogens is 1. The highest BCUT2D eigenvalue weighted by molar-refractivity contribution is 9.10. The summed E-state index contributed by atoms with van der Waals surface area (Å²) >= 11 is 3.53. The van der Waals surface area contributed by atoms with Crippen molar-refractivity contribution in [2.75, 3.05) is 6.61 Å². The highest BCUT2D eigenvalue weighted by Gasteiger charge is 2.31. The number of non-ortho nitro benzene ring substituents is 1. The Balaban J connectivity index is 1.79. The molecule has 7 nitrogen and oxygen atoms in total. The predicted octanol–water partition coefficient (Wildman–Crippen LogP) is 8.12. The van der Waals surface area contributed by atoms with Crippen molar-refractivity contribution in [1.29, 1.82) is 0 Å². The van der Waals surface area contributed by atoms with E-state index in [1.165, 1.54) is 12.1 Å². The number of nitro groups is 1. The molecule has 0 aliphatic heterocycles. The van der Waals surface area contributed by atoms with Gasteiger partial charge < -0.3 is 9.30 Å². The van der Waals surface area contributed by atoms with Crippen LogP contribution in [0.1, 0.15) is 22.8 Å². The second-order valence-corrected chi connectivity index (χ2v) is 10.3. The third-order valence-electron chi connectivity index (χ3n) is 6.96. The van der Waals surface area contributed by atoms with Crippen molar-refractivity contribution >= 4 is 44.3 Å². The number of benzene rings is 4. The van der Waals surface area contributed by atoms with E-state index in [0.29, 0.717) is 23.4 Å². The number of hydrogen-bond acceptors (Lipinski definition) is 4. The minimum atomic E-state index is -0.451. The summed E-state index contributed by atoms with van der Waals surface area (Å²) < 4.78 is 10.9. The molecule has 0 atom stereocenters. The van der Waals surface area contributed by atoms with Crippen molar-refractivity contribution in [3.8, 4) is 22.4 Å². The van der Waals surface area contributed by atoms with Crippen molar-refractivity contribution in [3.05, 3.63) is 129 Å². The fourth-order valence-electron chi connectivity index (χ4n) is 5.28. The van der Waals surface area contributed by atoms with Crippen LogP contribution in [0.5, 0.6) is 0 Å². The molecule has 0 amide bonds. The Bertz CT molecular complexity index is 1870. The number of fused-ring (bicyclic) bond motifs is 3. The molecule has 0 N–H and O–H groups in total. The Morgan fingerprint density at radius 2 is 1.48 bits per heavy atom. The molecular weight excluding hydrogens is 570 g/mol. The topological polar surface area (TPSA) is 78.8 Å². The number of nitrogens with zero attached hydrogens (tertiary/aromatic N) is 3. The molecule has 198 valence electrons. The molecule has 8 heteroatoms. The van der Waals surface area contributed by atoms with Crippen molar-refractivity contribution < 1.29 is 14.5 Å². The summed E-state index contributed by atoms with van der Waals surface area (Å²) in [6.45, 7) is 2.57. The van der Waals surface area contributed by atoms with E-state index >= 15 is 0 Å². The third kappa shape index (κ3) is 4.36. The summed E-state index contributed by atoms with van der Waals surface area (Å²) in [7, 11) is 0. The van der Waals surface area contributed by atoms with Crippen LogP contribution in [0.25, 0.3) is 39.1 Å². The van der Waals surface area contributed by atoms with E-state index in [1.807, 2.05) is 60.7 Å². The smallest absolute Gasteiger partial charge is 0.341 e. The molecule has 0 fully saturated rings. The van der Waals surface area contributed by atoms with Gasteiger partial charge in [0, 0.05) is 28.7 Å². The molecule has 6 aromatic rings. The lowest BCUT2D eigenvalue weighted by Gasteiger charge is -2.11. The first-order chi connectivity index (χ1) is 19.5. The van der Waals surface area contributed by atoms with Gasteiger partial charge in [-0.15, -0.1) is 0 Å². The fourth-order valence-corrected chi connectivity index (χ4v) is 5.54. The van der Waals surface area contributed by atoms with E-state index in [2.05, 4.69) is 43.1 Å². The van der Waals surface area contributed by atoms with E-state index in [9.17, 15) is 14.9 Å². The van der Waals surface area contributed by atoms with Crippen LogP contribution in [-0.2, 0) is 11.3 Å². The number of aromatic nitrogens is 2. The zero-order valence-electron chi connectivity index (χ0n) is 21.6. The van der Waals surface area contributed by atoms with Gasteiger partial charge in [0.2, 0.25) is 0 Å². The molecule has 0 spiro atoms. The standard InChI is InChI=1S/C32H24BrN3O4/c1-2-40-32(37)29-28(22-12-16-24(33)17-13-22)31-34(20-21-8-4-3-5-9-21)26-10-6-7-11-27(26)35(31)30(29)23-14-18-25(19-15-23)36(38)39/h3-19H,2,20H2,1H3. The zero-order valence-corrected chi connectivity index (χ0v) is 23.2. The lowest BCUT2D eigenvalue weighted by molar-refractivity contribution is -0.384.